The van der Waals surface area contributed by atoms with E-state index >= 15 is 0 Å². The van der Waals surface area contributed by atoms with E-state index in [4.69, 9.17) is 0 Å². The number of carbonyl (C=O) groups is 2. The van der Waals surface area contributed by atoms with E-state index in [1.807, 2.05) is 9.80 Å². The normalized spacial score (nSPS) is 24.1. The van der Waals surface area contributed by atoms with Crippen molar-refractivity contribution in [1.29, 1.82) is 0 Å². The molecule has 0 radical (unpaired) electrons. The third kappa shape index (κ3) is 3.54. The zero-order valence-corrected chi connectivity index (χ0v) is 14.9. The minimum absolute atomic E-state index is 0. The Hall–Kier alpha value is -1.11. The van der Waals surface area contributed by atoms with Crippen molar-refractivity contribution in [3.63, 3.8) is 0 Å². The van der Waals surface area contributed by atoms with E-state index < -0.39 is 12.0 Å². The number of nitrogens with zero attached hydrogens (tertiary/aromatic N) is 2. The van der Waals surface area contributed by atoms with Gasteiger partial charge in [0.2, 0.25) is 5.91 Å². The maximum Gasteiger partial charge on any atom is 0.320 e. The third-order valence-electron chi connectivity index (χ3n) is 4.79. The van der Waals surface area contributed by atoms with Crippen molar-refractivity contribution in [3.8, 4) is 0 Å². The molecule has 1 aromatic heterocycles. The van der Waals surface area contributed by atoms with Crippen molar-refractivity contribution < 1.29 is 14.7 Å². The summed E-state index contributed by atoms with van der Waals surface area (Å²) in [5.41, 5.74) is 1.28. The molecule has 0 spiro atoms. The number of fused-ring (bicyclic) bond motifs is 1. The molecule has 3 heterocycles. The molecule has 0 bridgehead atoms. The van der Waals surface area contributed by atoms with Gasteiger partial charge in [0.1, 0.15) is 6.04 Å². The number of likely N-dealkylation sites (tertiary alicyclic amines) is 1. The first-order valence-corrected chi connectivity index (χ1v) is 8.82. The fraction of sp³-hybridized carbons (Fsp3) is 0.625. The zero-order chi connectivity index (χ0) is 15.7. The number of hydrogen-bond acceptors (Lipinski definition) is 4. The van der Waals surface area contributed by atoms with Gasteiger partial charge < -0.3 is 10.0 Å². The Morgan fingerprint density at radius 3 is 2.87 bits per heavy atom. The average Bonchev–Trinajstić information content (AvgIpc) is 3.14. The smallest absolute Gasteiger partial charge is 0.320 e. The Morgan fingerprint density at radius 2 is 2.17 bits per heavy atom. The fourth-order valence-electron chi connectivity index (χ4n) is 3.69. The second-order valence-electron chi connectivity index (χ2n) is 6.03. The predicted molar refractivity (Wildman–Crippen MR) is 92.2 cm³/mol. The summed E-state index contributed by atoms with van der Waals surface area (Å²) in [7, 11) is 0. The molecule has 2 atom stereocenters. The Balaban J connectivity index is 0.00000192. The number of rotatable bonds is 4. The lowest BCUT2D eigenvalue weighted by Crippen LogP contribution is -2.47. The third-order valence-corrected chi connectivity index (χ3v) is 5.79. The van der Waals surface area contributed by atoms with E-state index in [2.05, 4.69) is 18.4 Å². The van der Waals surface area contributed by atoms with E-state index in [0.29, 0.717) is 13.0 Å². The van der Waals surface area contributed by atoms with Gasteiger partial charge in [-0.2, -0.15) is 0 Å². The molecule has 23 heavy (non-hydrogen) atoms. The highest BCUT2D eigenvalue weighted by Gasteiger charge is 2.35. The van der Waals surface area contributed by atoms with E-state index in [1.54, 1.807) is 11.3 Å². The quantitative estimate of drug-likeness (QED) is 0.898. The van der Waals surface area contributed by atoms with Crippen LogP contribution in [0.25, 0.3) is 0 Å². The molecule has 1 saturated heterocycles. The number of thiophene rings is 1. The van der Waals surface area contributed by atoms with Crippen LogP contribution in [0.1, 0.15) is 42.7 Å². The first-order valence-electron chi connectivity index (χ1n) is 7.94. The largest absolute Gasteiger partial charge is 0.480 e. The van der Waals surface area contributed by atoms with Gasteiger partial charge in [0.25, 0.3) is 0 Å². The molecule has 1 N–H and O–H groups in total. The topological polar surface area (TPSA) is 60.9 Å². The van der Waals surface area contributed by atoms with E-state index in [9.17, 15) is 14.7 Å². The lowest BCUT2D eigenvalue weighted by Gasteiger charge is -2.36. The van der Waals surface area contributed by atoms with Gasteiger partial charge in [-0.1, -0.05) is 6.92 Å². The molecule has 5 nitrogen and oxygen atoms in total. The maximum absolute atomic E-state index is 12.7. The monoisotopic (exact) mass is 358 g/mol. The van der Waals surface area contributed by atoms with Crippen molar-refractivity contribution in [1.82, 2.24) is 9.80 Å². The number of carboxylic acid groups (broad SMARTS) is 1. The summed E-state index contributed by atoms with van der Waals surface area (Å²) in [5, 5.41) is 11.3. The van der Waals surface area contributed by atoms with Gasteiger partial charge in [-0.3, -0.25) is 14.5 Å². The molecular formula is C16H23ClN2O3S. The second-order valence-corrected chi connectivity index (χ2v) is 7.03. The Morgan fingerprint density at radius 1 is 1.39 bits per heavy atom. The van der Waals surface area contributed by atoms with Gasteiger partial charge in [-0.15, -0.1) is 23.7 Å². The summed E-state index contributed by atoms with van der Waals surface area (Å²) in [6.45, 7) is 3.79. The minimum atomic E-state index is -0.809. The number of amides is 1. The fourth-order valence-corrected chi connectivity index (χ4v) is 4.62. The second kappa shape index (κ2) is 7.64. The first-order chi connectivity index (χ1) is 10.6. The molecule has 0 saturated carbocycles. The Labute approximate surface area is 146 Å². The standard InChI is InChI=1S/C16H22N2O3S.ClH/c1-2-12-11-6-9-22-14(11)5-8-18(12)15(19)10-17-7-3-4-13(17)16(20)21;/h6,9,12-13H,2-5,7-8,10H2,1H3,(H,20,21);1H. The van der Waals surface area contributed by atoms with Gasteiger partial charge in [0.05, 0.1) is 12.6 Å². The molecule has 2 aliphatic rings. The summed E-state index contributed by atoms with van der Waals surface area (Å²) in [6, 6.07) is 1.78. The van der Waals surface area contributed by atoms with Crippen LogP contribution >= 0.6 is 23.7 Å². The molecule has 0 aromatic carbocycles. The number of aliphatic carboxylic acids is 1. The molecule has 2 unspecified atom stereocenters. The highest BCUT2D eigenvalue weighted by molar-refractivity contribution is 7.10. The van der Waals surface area contributed by atoms with Crippen LogP contribution in [0, 0.1) is 0 Å². The van der Waals surface area contributed by atoms with Gasteiger partial charge in [0.15, 0.2) is 0 Å². The van der Waals surface area contributed by atoms with Gasteiger partial charge in [0, 0.05) is 11.4 Å². The summed E-state index contributed by atoms with van der Waals surface area (Å²) >= 11 is 1.77. The SMILES string of the molecule is CCC1c2ccsc2CCN1C(=O)CN1CCCC1C(=O)O.Cl. The van der Waals surface area contributed by atoms with Crippen LogP contribution in [0.5, 0.6) is 0 Å². The molecule has 7 heteroatoms. The molecule has 1 aromatic rings. The molecule has 128 valence electrons. The predicted octanol–water partition coefficient (Wildman–Crippen LogP) is 2.55. The zero-order valence-electron chi connectivity index (χ0n) is 13.2. The van der Waals surface area contributed by atoms with Crippen LogP contribution in [-0.4, -0.2) is 52.5 Å². The summed E-state index contributed by atoms with van der Waals surface area (Å²) in [4.78, 5) is 29.1. The molecule has 2 aliphatic heterocycles. The van der Waals surface area contributed by atoms with Gasteiger partial charge in [-0.05, 0) is 49.2 Å². The summed E-state index contributed by atoms with van der Waals surface area (Å²) in [6.07, 6.45) is 3.32. The van der Waals surface area contributed by atoms with Crippen LogP contribution in [-0.2, 0) is 16.0 Å². The van der Waals surface area contributed by atoms with Crippen molar-refractivity contribution in [3.05, 3.63) is 21.9 Å². The molecule has 1 amide bonds. The number of hydrogen-bond donors (Lipinski definition) is 1. The highest BCUT2D eigenvalue weighted by atomic mass is 35.5. The Bertz CT molecular complexity index is 577. The Kier molecular flexibility index (Phi) is 6.06. The average molecular weight is 359 g/mol. The summed E-state index contributed by atoms with van der Waals surface area (Å²) in [5.74, 6) is -0.743. The number of carbonyl (C=O) groups excluding carboxylic acids is 1. The van der Waals surface area contributed by atoms with Gasteiger partial charge in [-0.25, -0.2) is 0 Å². The maximum atomic E-state index is 12.7. The first kappa shape index (κ1) is 18.2. The van der Waals surface area contributed by atoms with Crippen molar-refractivity contribution in [2.75, 3.05) is 19.6 Å². The molecule has 1 fully saturated rings. The van der Waals surface area contributed by atoms with E-state index in [1.165, 1.54) is 10.4 Å². The lowest BCUT2D eigenvalue weighted by molar-refractivity contribution is -0.144. The van der Waals surface area contributed by atoms with Crippen molar-refractivity contribution in [2.24, 2.45) is 0 Å². The summed E-state index contributed by atoms with van der Waals surface area (Å²) < 4.78 is 0. The van der Waals surface area contributed by atoms with Crippen LogP contribution in [0.15, 0.2) is 11.4 Å². The lowest BCUT2D eigenvalue weighted by atomic mass is 9.97. The van der Waals surface area contributed by atoms with Crippen LogP contribution in [0.3, 0.4) is 0 Å². The van der Waals surface area contributed by atoms with E-state index in [-0.39, 0.29) is 30.9 Å². The van der Waals surface area contributed by atoms with Crippen molar-refractivity contribution in [2.45, 2.75) is 44.7 Å². The number of halogens is 1. The van der Waals surface area contributed by atoms with Crippen LogP contribution in [0.2, 0.25) is 0 Å². The van der Waals surface area contributed by atoms with Gasteiger partial charge >= 0.3 is 5.97 Å². The van der Waals surface area contributed by atoms with Crippen LogP contribution < -0.4 is 0 Å². The molecular weight excluding hydrogens is 336 g/mol. The molecule has 0 aliphatic carbocycles. The highest BCUT2D eigenvalue weighted by Crippen LogP contribution is 2.35. The van der Waals surface area contributed by atoms with Crippen molar-refractivity contribution >= 4 is 35.6 Å². The van der Waals surface area contributed by atoms with E-state index in [0.717, 1.165) is 25.8 Å². The minimum Gasteiger partial charge on any atom is -0.480 e. The molecule has 3 rings (SSSR count). The number of carboxylic acids is 1. The van der Waals surface area contributed by atoms with Crippen LogP contribution in [0.4, 0.5) is 0 Å².